The van der Waals surface area contributed by atoms with Gasteiger partial charge in [-0.15, -0.1) is 12.3 Å². The third kappa shape index (κ3) is 4.08. The molecule has 0 aliphatic heterocycles. The molecule has 0 radical (unpaired) electrons. The molecule has 0 fully saturated rings. The molecule has 0 saturated carbocycles. The van der Waals surface area contributed by atoms with Gasteiger partial charge in [-0.2, -0.15) is 5.10 Å². The van der Waals surface area contributed by atoms with Crippen LogP contribution >= 0.6 is 0 Å². The van der Waals surface area contributed by atoms with Gasteiger partial charge in [0.05, 0.1) is 12.8 Å². The van der Waals surface area contributed by atoms with Crippen molar-refractivity contribution in [2.75, 3.05) is 13.2 Å². The zero-order chi connectivity index (χ0) is 14.3. The van der Waals surface area contributed by atoms with Crippen molar-refractivity contribution in [3.05, 3.63) is 11.8 Å². The van der Waals surface area contributed by atoms with Gasteiger partial charge in [-0.05, 0) is 13.3 Å². The van der Waals surface area contributed by atoms with Crippen LogP contribution in [-0.4, -0.2) is 37.7 Å². The average molecular weight is 285 g/mol. The number of carbonyl (C=O) groups excluding carboxylic acids is 1. The first-order valence-corrected chi connectivity index (χ1v) is 7.15. The zero-order valence-corrected chi connectivity index (χ0v) is 11.3. The first kappa shape index (κ1) is 15.2. The van der Waals surface area contributed by atoms with Crippen molar-refractivity contribution in [1.29, 1.82) is 0 Å². The fourth-order valence-electron chi connectivity index (χ4n) is 1.30. The highest BCUT2D eigenvalue weighted by Gasteiger charge is 2.25. The van der Waals surface area contributed by atoms with Gasteiger partial charge in [-0.1, -0.05) is 0 Å². The summed E-state index contributed by atoms with van der Waals surface area (Å²) >= 11 is 0. The number of nitrogens with one attached hydrogen (secondary N) is 2. The number of aromatic nitrogens is 2. The van der Waals surface area contributed by atoms with Gasteiger partial charge in [-0.3, -0.25) is 5.10 Å². The van der Waals surface area contributed by atoms with Crippen LogP contribution in [0.15, 0.2) is 11.2 Å². The number of rotatable bonds is 7. The van der Waals surface area contributed by atoms with Gasteiger partial charge < -0.3 is 4.74 Å². The second-order valence-corrected chi connectivity index (χ2v) is 5.24. The molecule has 7 nitrogen and oxygen atoms in total. The monoisotopic (exact) mass is 285 g/mol. The Bertz CT molecular complexity index is 571. The predicted octanol–water partition coefficient (Wildman–Crippen LogP) is 0.278. The van der Waals surface area contributed by atoms with Crippen LogP contribution in [0, 0.1) is 12.3 Å². The molecule has 2 N–H and O–H groups in total. The van der Waals surface area contributed by atoms with Gasteiger partial charge in [0.1, 0.15) is 5.56 Å². The molecule has 104 valence electrons. The predicted molar refractivity (Wildman–Crippen MR) is 67.8 cm³/mol. The summed E-state index contributed by atoms with van der Waals surface area (Å²) in [5, 5.41) is 5.54. The standard InChI is InChI=1S/C11H15N3O4S/c1-3-5-6-7-13-19(16,17)10-9(8-12-14-10)11(15)18-4-2/h1,8,13H,4-7H2,2H3,(H,12,14). The number of aromatic amines is 1. The molecule has 0 spiro atoms. The largest absolute Gasteiger partial charge is 0.462 e. The number of nitrogens with zero attached hydrogens (tertiary/aromatic N) is 1. The van der Waals surface area contributed by atoms with Gasteiger partial charge in [0.15, 0.2) is 5.03 Å². The smallest absolute Gasteiger partial charge is 0.342 e. The van der Waals surface area contributed by atoms with E-state index >= 15 is 0 Å². The summed E-state index contributed by atoms with van der Waals surface area (Å²) < 4.78 is 31.0. The summed E-state index contributed by atoms with van der Waals surface area (Å²) in [6.45, 7) is 1.97. The van der Waals surface area contributed by atoms with E-state index in [0.29, 0.717) is 12.8 Å². The Labute approximate surface area is 111 Å². The molecule has 1 heterocycles. The molecule has 0 aliphatic carbocycles. The second-order valence-electron chi connectivity index (χ2n) is 3.54. The van der Waals surface area contributed by atoms with E-state index in [1.165, 1.54) is 0 Å². The Morgan fingerprint density at radius 2 is 2.37 bits per heavy atom. The minimum Gasteiger partial charge on any atom is -0.462 e. The van der Waals surface area contributed by atoms with Crippen LogP contribution in [0.25, 0.3) is 0 Å². The Kier molecular flexibility index (Phi) is 5.54. The van der Waals surface area contributed by atoms with Gasteiger partial charge in [0.2, 0.25) is 0 Å². The summed E-state index contributed by atoms with van der Waals surface area (Å²) in [5.41, 5.74) is -0.119. The lowest BCUT2D eigenvalue weighted by molar-refractivity contribution is 0.0522. The molecule has 0 amide bonds. The number of hydrogen-bond acceptors (Lipinski definition) is 5. The van der Waals surface area contributed by atoms with E-state index in [1.807, 2.05) is 0 Å². The van der Waals surface area contributed by atoms with Crippen molar-refractivity contribution in [2.45, 2.75) is 24.8 Å². The van der Waals surface area contributed by atoms with Crippen molar-refractivity contribution >= 4 is 16.0 Å². The van der Waals surface area contributed by atoms with E-state index in [2.05, 4.69) is 20.8 Å². The van der Waals surface area contributed by atoms with Gasteiger partial charge in [0.25, 0.3) is 10.0 Å². The quantitative estimate of drug-likeness (QED) is 0.425. The Morgan fingerprint density at radius 1 is 1.63 bits per heavy atom. The molecule has 8 heteroatoms. The third-order valence-electron chi connectivity index (χ3n) is 2.16. The van der Waals surface area contributed by atoms with E-state index in [9.17, 15) is 13.2 Å². The summed E-state index contributed by atoms with van der Waals surface area (Å²) in [4.78, 5) is 11.5. The van der Waals surface area contributed by atoms with Crippen LogP contribution < -0.4 is 4.72 Å². The van der Waals surface area contributed by atoms with Gasteiger partial charge in [0, 0.05) is 13.0 Å². The minimum atomic E-state index is -3.83. The maximum absolute atomic E-state index is 11.9. The second kappa shape index (κ2) is 6.92. The van der Waals surface area contributed by atoms with E-state index in [4.69, 9.17) is 11.2 Å². The Hall–Kier alpha value is -1.85. The van der Waals surface area contributed by atoms with Crippen LogP contribution in [0.1, 0.15) is 30.1 Å². The number of esters is 1. The molecule has 0 aliphatic rings. The van der Waals surface area contributed by atoms with E-state index in [-0.39, 0.29) is 23.7 Å². The summed E-state index contributed by atoms with van der Waals surface area (Å²) in [7, 11) is -3.83. The van der Waals surface area contributed by atoms with Crippen LogP contribution in [-0.2, 0) is 14.8 Å². The van der Waals surface area contributed by atoms with E-state index < -0.39 is 16.0 Å². The number of unbranched alkanes of at least 4 members (excludes halogenated alkanes) is 1. The maximum atomic E-state index is 11.9. The molecule has 0 saturated heterocycles. The first-order chi connectivity index (χ1) is 9.03. The molecular weight excluding hydrogens is 270 g/mol. The fourth-order valence-corrected chi connectivity index (χ4v) is 2.46. The van der Waals surface area contributed by atoms with Crippen molar-refractivity contribution in [3.63, 3.8) is 0 Å². The molecule has 1 aromatic heterocycles. The van der Waals surface area contributed by atoms with Crippen molar-refractivity contribution in [2.24, 2.45) is 0 Å². The van der Waals surface area contributed by atoms with Crippen LogP contribution in [0.4, 0.5) is 0 Å². The normalized spacial score (nSPS) is 10.9. The number of hydrogen-bond donors (Lipinski definition) is 2. The fraction of sp³-hybridized carbons (Fsp3) is 0.455. The summed E-state index contributed by atoms with van der Waals surface area (Å²) in [6.07, 6.45) is 7.17. The molecule has 0 bridgehead atoms. The highest BCUT2D eigenvalue weighted by atomic mass is 32.2. The molecule has 1 rings (SSSR count). The Morgan fingerprint density at radius 3 is 3.00 bits per heavy atom. The molecule has 0 atom stereocenters. The number of ether oxygens (including phenoxy) is 1. The minimum absolute atomic E-state index is 0.119. The lowest BCUT2D eigenvalue weighted by Crippen LogP contribution is -2.26. The van der Waals surface area contributed by atoms with Crippen molar-refractivity contribution in [1.82, 2.24) is 14.9 Å². The Balaban J connectivity index is 2.82. The molecule has 0 aromatic carbocycles. The van der Waals surface area contributed by atoms with Crippen molar-refractivity contribution < 1.29 is 17.9 Å². The van der Waals surface area contributed by atoms with Crippen molar-refractivity contribution in [3.8, 4) is 12.3 Å². The first-order valence-electron chi connectivity index (χ1n) is 5.66. The number of carbonyl (C=O) groups is 1. The highest BCUT2D eigenvalue weighted by molar-refractivity contribution is 7.89. The highest BCUT2D eigenvalue weighted by Crippen LogP contribution is 2.13. The molecule has 0 unspecified atom stereocenters. The number of terminal acetylenes is 1. The average Bonchev–Trinajstić information content (AvgIpc) is 2.85. The zero-order valence-electron chi connectivity index (χ0n) is 10.5. The summed E-state index contributed by atoms with van der Waals surface area (Å²) in [5.74, 6) is 1.67. The molecule has 1 aromatic rings. The molecular formula is C11H15N3O4S. The van der Waals surface area contributed by atoms with Crippen LogP contribution in [0.2, 0.25) is 0 Å². The van der Waals surface area contributed by atoms with E-state index in [1.54, 1.807) is 6.92 Å². The lowest BCUT2D eigenvalue weighted by atomic mass is 10.3. The number of H-pyrrole nitrogens is 1. The van der Waals surface area contributed by atoms with Gasteiger partial charge >= 0.3 is 5.97 Å². The van der Waals surface area contributed by atoms with Crippen LogP contribution in [0.3, 0.4) is 0 Å². The maximum Gasteiger partial charge on any atom is 0.342 e. The topological polar surface area (TPSA) is 101 Å². The SMILES string of the molecule is C#CCCCNS(=O)(=O)c1[nH]ncc1C(=O)OCC. The number of sulfonamides is 1. The van der Waals surface area contributed by atoms with E-state index in [0.717, 1.165) is 6.20 Å². The third-order valence-corrected chi connectivity index (χ3v) is 3.59. The van der Waals surface area contributed by atoms with Gasteiger partial charge in [-0.25, -0.2) is 17.9 Å². The molecule has 19 heavy (non-hydrogen) atoms. The van der Waals surface area contributed by atoms with Crippen LogP contribution in [0.5, 0.6) is 0 Å². The lowest BCUT2D eigenvalue weighted by Gasteiger charge is -2.06. The summed E-state index contributed by atoms with van der Waals surface area (Å²) in [6, 6.07) is 0.